The monoisotopic (exact) mass is 896 g/mol. The van der Waals surface area contributed by atoms with Crippen LogP contribution in [0.25, 0.3) is 0 Å². The van der Waals surface area contributed by atoms with E-state index in [0.29, 0.717) is 81.6 Å². The molecule has 2 saturated heterocycles. The van der Waals surface area contributed by atoms with E-state index in [2.05, 4.69) is 30.9 Å². The fraction of sp³-hybridized carbons (Fsp3) is 0.455. The summed E-state index contributed by atoms with van der Waals surface area (Å²) in [4.78, 5) is 75.2. The highest BCUT2D eigenvalue weighted by Crippen LogP contribution is 2.40. The van der Waals surface area contributed by atoms with Gasteiger partial charge in [0, 0.05) is 56.8 Å². The van der Waals surface area contributed by atoms with Crippen molar-refractivity contribution >= 4 is 46.7 Å². The Morgan fingerprint density at radius 1 is 1.03 bits per heavy atom. The van der Waals surface area contributed by atoms with Gasteiger partial charge in [0.15, 0.2) is 11.5 Å². The topological polar surface area (TPSA) is 222 Å². The van der Waals surface area contributed by atoms with Crippen molar-refractivity contribution in [2.75, 3.05) is 62.9 Å². The largest absolute Gasteiger partial charge is 0.478 e. The van der Waals surface area contributed by atoms with Gasteiger partial charge in [-0.05, 0) is 74.8 Å². The first kappa shape index (κ1) is 43.5. The Morgan fingerprint density at radius 3 is 2.58 bits per heavy atom. The number of benzene rings is 1. The van der Waals surface area contributed by atoms with Crippen LogP contribution in [0, 0.1) is 5.92 Å². The van der Waals surface area contributed by atoms with Crippen LogP contribution in [0.1, 0.15) is 89.4 Å². The van der Waals surface area contributed by atoms with Gasteiger partial charge in [0.2, 0.25) is 23.6 Å². The van der Waals surface area contributed by atoms with E-state index in [1.54, 1.807) is 57.6 Å². The number of anilines is 2. The van der Waals surface area contributed by atoms with E-state index in [1.165, 1.54) is 0 Å². The third kappa shape index (κ3) is 9.02. The number of hydrogen-bond donors (Lipinski definition) is 4. The number of alkyl halides is 2. The van der Waals surface area contributed by atoms with E-state index in [9.17, 15) is 32.8 Å². The molecule has 0 spiro atoms. The maximum atomic E-state index is 14.5. The summed E-state index contributed by atoms with van der Waals surface area (Å²) in [6.45, 7) is 4.60. The summed E-state index contributed by atoms with van der Waals surface area (Å²) in [6.07, 6.45) is 8.18. The Labute approximate surface area is 372 Å². The third-order valence-electron chi connectivity index (χ3n) is 12.6. The van der Waals surface area contributed by atoms with Gasteiger partial charge in [-0.25, -0.2) is 23.8 Å². The number of carbonyl (C=O) groups excluding carboxylic acids is 5. The first-order chi connectivity index (χ1) is 31.5. The Bertz CT molecular complexity index is 2440. The summed E-state index contributed by atoms with van der Waals surface area (Å²) in [5.74, 6) is -1.01. The summed E-state index contributed by atoms with van der Waals surface area (Å²) in [5, 5.41) is 16.5. The average molecular weight is 897 g/mol. The third-order valence-corrected chi connectivity index (χ3v) is 12.6. The van der Waals surface area contributed by atoms with Crippen LogP contribution in [0.2, 0.25) is 0 Å². The number of rotatable bonds is 15. The number of ether oxygens (including phenoxy) is 2. The number of nitrogens with zero attached hydrogens (tertiary/aromatic N) is 8. The molecule has 21 heteroatoms. The molecule has 342 valence electrons. The second kappa shape index (κ2) is 18.8. The van der Waals surface area contributed by atoms with Gasteiger partial charge in [-0.1, -0.05) is 12.1 Å². The first-order valence-electron chi connectivity index (χ1n) is 22.0. The van der Waals surface area contributed by atoms with Gasteiger partial charge in [0.05, 0.1) is 55.3 Å². The van der Waals surface area contributed by atoms with Crippen molar-refractivity contribution < 1.29 is 42.2 Å². The molecule has 5 aliphatic heterocycles. The molecule has 3 aromatic rings. The predicted octanol–water partition coefficient (Wildman–Crippen LogP) is 3.01. The average Bonchev–Trinajstić information content (AvgIpc) is 4.00. The Morgan fingerprint density at radius 2 is 1.85 bits per heavy atom. The summed E-state index contributed by atoms with van der Waals surface area (Å²) >= 11 is 0. The van der Waals surface area contributed by atoms with Crippen LogP contribution >= 0.6 is 0 Å². The number of hydrazine groups is 1. The number of imide groups is 2. The lowest BCUT2D eigenvalue weighted by molar-refractivity contribution is -0.136. The quantitative estimate of drug-likeness (QED) is 0.127. The molecule has 5 amide bonds. The molecule has 0 radical (unpaired) electrons. The molecule has 65 heavy (non-hydrogen) atoms. The number of primary amides is 1. The van der Waals surface area contributed by atoms with Crippen LogP contribution in [0.5, 0.6) is 5.88 Å². The second-order valence-electron chi connectivity index (χ2n) is 16.7. The fourth-order valence-electron chi connectivity index (χ4n) is 9.17. The molecular formula is C44H50F2N12O7. The van der Waals surface area contributed by atoms with Crippen molar-refractivity contribution in [3.63, 3.8) is 0 Å². The lowest BCUT2D eigenvalue weighted by Crippen LogP contribution is -2.54. The molecule has 1 aliphatic carbocycles. The standard InChI is InChI=1S/C44H50F2N12O7/c45-39(46)38-33(57-24-30(40(47)60)41-51-34(13-15-56(41)57)54-16-19-64-20-17-54)25-55(53-38)28-8-5-26(6-9-28)21-48-22-27-7-12-36(50-23-27)65-18-2-14-49-31-4-1-3-29-37(31)44(63)58(43(29)62)32-10-11-35(59)52-42(32)61/h1,3-4,7,12-13,15,23,25-26,28,32,39,48-49H,2,5-6,8-11,14,16-22,24H2,(H2,47,60)(H,52,59,61). The van der Waals surface area contributed by atoms with Gasteiger partial charge >= 0.3 is 0 Å². The normalized spacial score (nSPS) is 22.1. The minimum atomic E-state index is -2.83. The SMILES string of the molecule is NC(=O)C1=C2N=C(N3CCOCC3)C=CN2N(c2cn(C3CCC(CNCc4ccc(OCCCNc5cccc6c5C(=O)N(C5CCC(=O)NC5=O)C6=O)nc4)CC3)nc2C(F)F)C1. The number of halogens is 2. The van der Waals surface area contributed by atoms with Crippen molar-refractivity contribution in [3.05, 3.63) is 88.8 Å². The second-order valence-corrected chi connectivity index (χ2v) is 16.7. The van der Waals surface area contributed by atoms with Crippen molar-refractivity contribution in [1.82, 2.24) is 40.2 Å². The number of hydrogen-bond acceptors (Lipinski definition) is 15. The number of amidine groups is 1. The Kier molecular flexibility index (Phi) is 12.6. The van der Waals surface area contributed by atoms with E-state index < -0.39 is 42.0 Å². The number of carbonyl (C=O) groups is 5. The molecule has 19 nitrogen and oxygen atoms in total. The molecular weight excluding hydrogens is 847 g/mol. The molecule has 5 N–H and O–H groups in total. The number of aromatic nitrogens is 3. The number of morpholine rings is 1. The molecule has 6 aliphatic rings. The van der Waals surface area contributed by atoms with Gasteiger partial charge in [-0.2, -0.15) is 5.10 Å². The van der Waals surface area contributed by atoms with Crippen LogP contribution in [0.3, 0.4) is 0 Å². The molecule has 7 heterocycles. The molecule has 3 fully saturated rings. The Hall–Kier alpha value is -6.74. The highest BCUT2D eigenvalue weighted by molar-refractivity contribution is 6.25. The summed E-state index contributed by atoms with van der Waals surface area (Å²) in [5.41, 5.74) is 7.75. The lowest BCUT2D eigenvalue weighted by atomic mass is 9.86. The van der Waals surface area contributed by atoms with Crippen LogP contribution in [0.4, 0.5) is 20.2 Å². The zero-order valence-electron chi connectivity index (χ0n) is 35.6. The van der Waals surface area contributed by atoms with E-state index in [-0.39, 0.29) is 53.5 Å². The van der Waals surface area contributed by atoms with E-state index in [0.717, 1.165) is 42.7 Å². The van der Waals surface area contributed by atoms with E-state index >= 15 is 0 Å². The number of nitrogens with two attached hydrogens (primary N) is 1. The number of nitrogens with one attached hydrogen (secondary N) is 3. The summed E-state index contributed by atoms with van der Waals surface area (Å²) in [6, 6.07) is 7.61. The van der Waals surface area contributed by atoms with Gasteiger partial charge in [-0.3, -0.25) is 43.9 Å². The van der Waals surface area contributed by atoms with Crippen molar-refractivity contribution in [1.29, 1.82) is 0 Å². The van der Waals surface area contributed by atoms with Crippen LogP contribution < -0.4 is 31.4 Å². The summed E-state index contributed by atoms with van der Waals surface area (Å²) in [7, 11) is 0. The smallest absolute Gasteiger partial charge is 0.284 e. The molecule has 1 aromatic carbocycles. The van der Waals surface area contributed by atoms with Gasteiger partial charge in [-0.15, -0.1) is 0 Å². The van der Waals surface area contributed by atoms with Crippen molar-refractivity contribution in [2.45, 2.75) is 70.0 Å². The number of piperidine rings is 1. The highest BCUT2D eigenvalue weighted by atomic mass is 19.3. The summed E-state index contributed by atoms with van der Waals surface area (Å²) < 4.78 is 42.0. The molecule has 0 bridgehead atoms. The Balaban J connectivity index is 0.710. The minimum absolute atomic E-state index is 0.00697. The lowest BCUT2D eigenvalue weighted by Gasteiger charge is -2.34. The molecule has 2 aromatic heterocycles. The zero-order chi connectivity index (χ0) is 45.2. The predicted molar refractivity (Wildman–Crippen MR) is 230 cm³/mol. The fourth-order valence-corrected chi connectivity index (χ4v) is 9.17. The number of fused-ring (bicyclic) bond motifs is 2. The van der Waals surface area contributed by atoms with Crippen LogP contribution in [0.15, 0.2) is 71.4 Å². The first-order valence-corrected chi connectivity index (χ1v) is 22.0. The van der Waals surface area contributed by atoms with Gasteiger partial charge in [0.25, 0.3) is 18.2 Å². The van der Waals surface area contributed by atoms with Crippen LogP contribution in [-0.4, -0.2) is 124 Å². The van der Waals surface area contributed by atoms with Crippen LogP contribution in [-0.2, 0) is 25.7 Å². The van der Waals surface area contributed by atoms with Crippen molar-refractivity contribution in [2.24, 2.45) is 16.6 Å². The van der Waals surface area contributed by atoms with Gasteiger partial charge < -0.3 is 30.7 Å². The zero-order valence-corrected chi connectivity index (χ0v) is 35.6. The maximum Gasteiger partial charge on any atom is 0.284 e. The molecule has 1 saturated carbocycles. The molecule has 1 unspecified atom stereocenters. The number of amides is 5. The minimum Gasteiger partial charge on any atom is -0.478 e. The number of pyridine rings is 1. The number of aliphatic imine (C=N–C) groups is 1. The maximum absolute atomic E-state index is 14.5. The highest BCUT2D eigenvalue weighted by Gasteiger charge is 2.46. The van der Waals surface area contributed by atoms with E-state index in [4.69, 9.17) is 20.2 Å². The van der Waals surface area contributed by atoms with E-state index in [1.807, 2.05) is 12.1 Å². The van der Waals surface area contributed by atoms with Gasteiger partial charge in [0.1, 0.15) is 17.6 Å². The molecule has 1 atom stereocenters. The molecule has 9 rings (SSSR count). The van der Waals surface area contributed by atoms with Crippen molar-refractivity contribution in [3.8, 4) is 5.88 Å².